The topological polar surface area (TPSA) is 66.4 Å². The molecule has 2 atom stereocenters. The third-order valence-corrected chi connectivity index (χ3v) is 5.06. The van der Waals surface area contributed by atoms with Crippen molar-refractivity contribution in [3.63, 3.8) is 0 Å². The van der Waals surface area contributed by atoms with Crippen molar-refractivity contribution in [1.29, 1.82) is 0 Å². The maximum absolute atomic E-state index is 12.4. The van der Waals surface area contributed by atoms with E-state index in [0.717, 1.165) is 30.2 Å². The molecule has 1 saturated heterocycles. The fraction of sp³-hybridized carbons (Fsp3) is 0.474. The first-order valence-corrected chi connectivity index (χ1v) is 8.96. The fourth-order valence-electron chi connectivity index (χ4n) is 3.66. The van der Waals surface area contributed by atoms with E-state index in [1.165, 1.54) is 12.7 Å². The monoisotopic (exact) mass is 356 g/mol. The number of hydrogen-bond donors (Lipinski definition) is 1. The molecule has 2 unspecified atom stereocenters. The molecule has 7 heteroatoms. The van der Waals surface area contributed by atoms with Gasteiger partial charge in [0.2, 0.25) is 0 Å². The molecule has 3 aliphatic rings. The second kappa shape index (κ2) is 6.99. The summed E-state index contributed by atoms with van der Waals surface area (Å²) in [4.78, 5) is 21.7. The SMILES string of the molecule is COC(=O)C1CNC=C2C(N3CCOCC3)=NC(c3ccc(C)cc3)N21. The van der Waals surface area contributed by atoms with Crippen molar-refractivity contribution in [1.82, 2.24) is 15.1 Å². The predicted octanol–water partition coefficient (Wildman–Crippen LogP) is 1.03. The van der Waals surface area contributed by atoms with Gasteiger partial charge in [-0.1, -0.05) is 29.8 Å². The van der Waals surface area contributed by atoms with Crippen molar-refractivity contribution in [3.8, 4) is 0 Å². The van der Waals surface area contributed by atoms with Gasteiger partial charge in [-0.15, -0.1) is 0 Å². The second-order valence-corrected chi connectivity index (χ2v) is 6.72. The summed E-state index contributed by atoms with van der Waals surface area (Å²) < 4.78 is 10.5. The third kappa shape index (κ3) is 2.92. The van der Waals surface area contributed by atoms with Crippen molar-refractivity contribution in [3.05, 3.63) is 47.3 Å². The van der Waals surface area contributed by atoms with Crippen LogP contribution in [0.2, 0.25) is 0 Å². The molecule has 0 spiro atoms. The Morgan fingerprint density at radius 3 is 2.69 bits per heavy atom. The number of methoxy groups -OCH3 is 1. The van der Waals surface area contributed by atoms with Crippen molar-refractivity contribution in [2.75, 3.05) is 40.0 Å². The Hall–Kier alpha value is -2.54. The molecule has 0 saturated carbocycles. The number of esters is 1. The predicted molar refractivity (Wildman–Crippen MR) is 97.5 cm³/mol. The Kier molecular flexibility index (Phi) is 4.55. The van der Waals surface area contributed by atoms with Gasteiger partial charge in [0.15, 0.2) is 12.0 Å². The zero-order valence-corrected chi connectivity index (χ0v) is 15.1. The Bertz CT molecular complexity index is 738. The van der Waals surface area contributed by atoms with E-state index in [1.54, 1.807) is 0 Å². The molecule has 1 aromatic rings. The number of carbonyl (C=O) groups is 1. The van der Waals surface area contributed by atoms with Crippen LogP contribution < -0.4 is 5.32 Å². The normalized spacial score (nSPS) is 25.2. The molecule has 138 valence electrons. The number of aliphatic imine (C=N–C) groups is 1. The maximum atomic E-state index is 12.4. The molecular weight excluding hydrogens is 332 g/mol. The van der Waals surface area contributed by atoms with Crippen LogP contribution in [0.4, 0.5) is 0 Å². The van der Waals surface area contributed by atoms with Crippen molar-refractivity contribution < 1.29 is 14.3 Å². The number of carbonyl (C=O) groups excluding carboxylic acids is 1. The average Bonchev–Trinajstić information content (AvgIpc) is 3.08. The van der Waals surface area contributed by atoms with E-state index in [1.807, 2.05) is 6.20 Å². The number of benzene rings is 1. The number of ether oxygens (including phenoxy) is 2. The number of nitrogens with one attached hydrogen (secondary N) is 1. The summed E-state index contributed by atoms with van der Waals surface area (Å²) in [5.41, 5.74) is 3.21. The lowest BCUT2D eigenvalue weighted by Gasteiger charge is -2.37. The summed E-state index contributed by atoms with van der Waals surface area (Å²) in [5.74, 6) is 0.665. The van der Waals surface area contributed by atoms with Crippen LogP contribution in [-0.4, -0.2) is 67.6 Å². The molecule has 1 N–H and O–H groups in total. The van der Waals surface area contributed by atoms with Gasteiger partial charge < -0.3 is 24.6 Å². The molecule has 7 nitrogen and oxygen atoms in total. The number of amidine groups is 1. The highest BCUT2D eigenvalue weighted by molar-refractivity contribution is 6.00. The lowest BCUT2D eigenvalue weighted by Crippen LogP contribution is -2.52. The summed E-state index contributed by atoms with van der Waals surface area (Å²) in [6.07, 6.45) is 1.73. The van der Waals surface area contributed by atoms with Gasteiger partial charge in [-0.25, -0.2) is 9.79 Å². The zero-order valence-electron chi connectivity index (χ0n) is 15.1. The van der Waals surface area contributed by atoms with Gasteiger partial charge in [-0.2, -0.15) is 0 Å². The van der Waals surface area contributed by atoms with Crippen LogP contribution in [0.3, 0.4) is 0 Å². The summed E-state index contributed by atoms with van der Waals surface area (Å²) in [6, 6.07) is 7.92. The minimum Gasteiger partial charge on any atom is -0.467 e. The smallest absolute Gasteiger partial charge is 0.330 e. The Balaban J connectivity index is 1.74. The quantitative estimate of drug-likeness (QED) is 0.799. The molecule has 1 aromatic carbocycles. The number of morpholine rings is 1. The van der Waals surface area contributed by atoms with Crippen LogP contribution in [0.5, 0.6) is 0 Å². The summed E-state index contributed by atoms with van der Waals surface area (Å²) in [5, 5.41) is 3.23. The van der Waals surface area contributed by atoms with E-state index in [2.05, 4.69) is 46.3 Å². The van der Waals surface area contributed by atoms with Crippen LogP contribution in [-0.2, 0) is 14.3 Å². The van der Waals surface area contributed by atoms with Gasteiger partial charge in [0.25, 0.3) is 0 Å². The van der Waals surface area contributed by atoms with E-state index < -0.39 is 6.04 Å². The zero-order chi connectivity index (χ0) is 18.1. The van der Waals surface area contributed by atoms with Crippen LogP contribution in [0.1, 0.15) is 17.3 Å². The Labute approximate surface area is 153 Å². The number of fused-ring (bicyclic) bond motifs is 1. The van der Waals surface area contributed by atoms with Gasteiger partial charge in [0.05, 0.1) is 26.0 Å². The lowest BCUT2D eigenvalue weighted by atomic mass is 10.1. The van der Waals surface area contributed by atoms with E-state index in [0.29, 0.717) is 19.8 Å². The first-order valence-electron chi connectivity index (χ1n) is 8.96. The largest absolute Gasteiger partial charge is 0.467 e. The fourth-order valence-corrected chi connectivity index (χ4v) is 3.66. The summed E-state index contributed by atoms with van der Waals surface area (Å²) >= 11 is 0. The Morgan fingerprint density at radius 2 is 2.00 bits per heavy atom. The highest BCUT2D eigenvalue weighted by atomic mass is 16.5. The number of rotatable bonds is 2. The molecule has 0 radical (unpaired) electrons. The molecule has 0 aliphatic carbocycles. The first-order chi connectivity index (χ1) is 12.7. The Morgan fingerprint density at radius 1 is 1.27 bits per heavy atom. The van der Waals surface area contributed by atoms with Crippen LogP contribution in [0.15, 0.2) is 41.2 Å². The minimum atomic E-state index is -0.409. The van der Waals surface area contributed by atoms with Crippen LogP contribution in [0, 0.1) is 6.92 Å². The number of hydrogen-bond acceptors (Lipinski definition) is 7. The lowest BCUT2D eigenvalue weighted by molar-refractivity contribution is -0.146. The number of nitrogens with zero attached hydrogens (tertiary/aromatic N) is 3. The highest BCUT2D eigenvalue weighted by Gasteiger charge is 2.43. The molecule has 3 heterocycles. The molecule has 4 rings (SSSR count). The second-order valence-electron chi connectivity index (χ2n) is 6.72. The van der Waals surface area contributed by atoms with Crippen molar-refractivity contribution in [2.24, 2.45) is 4.99 Å². The van der Waals surface area contributed by atoms with Gasteiger partial charge in [0, 0.05) is 25.8 Å². The van der Waals surface area contributed by atoms with Gasteiger partial charge in [-0.3, -0.25) is 0 Å². The van der Waals surface area contributed by atoms with Crippen LogP contribution in [0.25, 0.3) is 0 Å². The summed E-state index contributed by atoms with van der Waals surface area (Å²) in [7, 11) is 1.43. The third-order valence-electron chi connectivity index (χ3n) is 5.06. The van der Waals surface area contributed by atoms with E-state index in [9.17, 15) is 4.79 Å². The van der Waals surface area contributed by atoms with Gasteiger partial charge >= 0.3 is 5.97 Å². The van der Waals surface area contributed by atoms with E-state index in [-0.39, 0.29) is 12.1 Å². The van der Waals surface area contributed by atoms with Crippen molar-refractivity contribution in [2.45, 2.75) is 19.1 Å². The highest BCUT2D eigenvalue weighted by Crippen LogP contribution is 2.37. The molecule has 3 aliphatic heterocycles. The molecule has 0 aromatic heterocycles. The molecule has 1 fully saturated rings. The molecule has 26 heavy (non-hydrogen) atoms. The molecule has 0 bridgehead atoms. The van der Waals surface area contributed by atoms with Crippen molar-refractivity contribution >= 4 is 11.8 Å². The molecule has 0 amide bonds. The molecular formula is C19H24N4O3. The first kappa shape index (κ1) is 16.9. The van der Waals surface area contributed by atoms with Gasteiger partial charge in [0.1, 0.15) is 6.04 Å². The van der Waals surface area contributed by atoms with E-state index >= 15 is 0 Å². The number of aryl methyl sites for hydroxylation is 1. The maximum Gasteiger partial charge on any atom is 0.330 e. The van der Waals surface area contributed by atoms with Gasteiger partial charge in [-0.05, 0) is 12.5 Å². The van der Waals surface area contributed by atoms with Crippen LogP contribution >= 0.6 is 0 Å². The standard InChI is InChI=1S/C19H24N4O3/c1-13-3-5-14(6-4-13)17-21-18(22-7-9-26-10-8-22)15-11-20-12-16(23(15)17)19(24)25-2/h3-6,11,16-17,20H,7-10,12H2,1-2H3. The summed E-state index contributed by atoms with van der Waals surface area (Å²) in [6.45, 7) is 5.55. The van der Waals surface area contributed by atoms with E-state index in [4.69, 9.17) is 14.5 Å². The average molecular weight is 356 g/mol. The minimum absolute atomic E-state index is 0.231.